The van der Waals surface area contributed by atoms with Crippen LogP contribution in [0, 0.1) is 12.8 Å². The van der Waals surface area contributed by atoms with Gasteiger partial charge in [0, 0.05) is 31.5 Å². The molecule has 6 heteroatoms. The maximum Gasteiger partial charge on any atom is 0.260 e. The predicted octanol–water partition coefficient (Wildman–Crippen LogP) is 2.65. The van der Waals surface area contributed by atoms with Crippen LogP contribution < -0.4 is 4.74 Å². The van der Waals surface area contributed by atoms with Crippen molar-refractivity contribution < 1.29 is 19.2 Å². The number of ether oxygens (including phenoxy) is 1. The molecule has 1 N–H and O–H groups in total. The lowest BCUT2D eigenvalue weighted by Crippen LogP contribution is -2.37. The minimum atomic E-state index is -0.776. The standard InChI is InChI=1S/C19H24N2O4/c1-13-18(17(20-25-13)14-7-5-4-6-8-14)24-12-16(22)21-10-9-15(11-21)19(2,3)23/h4-8,15,23H,9-12H2,1-3H3. The Morgan fingerprint density at radius 1 is 1.40 bits per heavy atom. The minimum Gasteiger partial charge on any atom is -0.478 e. The zero-order chi connectivity index (χ0) is 18.0. The van der Waals surface area contributed by atoms with Gasteiger partial charge < -0.3 is 19.3 Å². The molecule has 1 fully saturated rings. The van der Waals surface area contributed by atoms with Crippen molar-refractivity contribution in [2.24, 2.45) is 5.92 Å². The second-order valence-electron chi connectivity index (χ2n) is 7.05. The van der Waals surface area contributed by atoms with Gasteiger partial charge in [-0.25, -0.2) is 0 Å². The third-order valence-electron chi connectivity index (χ3n) is 4.74. The first-order valence-electron chi connectivity index (χ1n) is 8.51. The second kappa shape index (κ2) is 6.88. The van der Waals surface area contributed by atoms with Crippen LogP contribution in [0.5, 0.6) is 5.75 Å². The molecule has 0 radical (unpaired) electrons. The predicted molar refractivity (Wildman–Crippen MR) is 93.2 cm³/mol. The summed E-state index contributed by atoms with van der Waals surface area (Å²) in [6.45, 7) is 6.47. The number of aryl methyl sites for hydroxylation is 1. The Morgan fingerprint density at radius 3 is 2.76 bits per heavy atom. The van der Waals surface area contributed by atoms with Gasteiger partial charge in [-0.05, 0) is 20.3 Å². The largest absolute Gasteiger partial charge is 0.478 e. The van der Waals surface area contributed by atoms with Crippen molar-refractivity contribution in [1.29, 1.82) is 0 Å². The fourth-order valence-electron chi connectivity index (χ4n) is 3.10. The Bertz CT molecular complexity index is 734. The number of rotatable bonds is 5. The maximum absolute atomic E-state index is 12.4. The van der Waals surface area contributed by atoms with Crippen molar-refractivity contribution >= 4 is 5.91 Å². The molecule has 6 nitrogen and oxygen atoms in total. The van der Waals surface area contributed by atoms with E-state index in [0.717, 1.165) is 12.0 Å². The lowest BCUT2D eigenvalue weighted by atomic mass is 9.90. The van der Waals surface area contributed by atoms with Crippen LogP contribution >= 0.6 is 0 Å². The van der Waals surface area contributed by atoms with E-state index >= 15 is 0 Å². The lowest BCUT2D eigenvalue weighted by molar-refractivity contribution is -0.132. The topological polar surface area (TPSA) is 75.8 Å². The smallest absolute Gasteiger partial charge is 0.260 e. The number of aliphatic hydroxyl groups is 1. The molecule has 1 unspecified atom stereocenters. The van der Waals surface area contributed by atoms with Crippen molar-refractivity contribution in [3.8, 4) is 17.0 Å². The van der Waals surface area contributed by atoms with E-state index in [1.54, 1.807) is 25.7 Å². The molecule has 25 heavy (non-hydrogen) atoms. The number of hydrogen-bond acceptors (Lipinski definition) is 5. The molecule has 2 aromatic rings. The molecule has 1 aliphatic rings. The molecule has 134 valence electrons. The van der Waals surface area contributed by atoms with Crippen molar-refractivity contribution in [3.63, 3.8) is 0 Å². The average molecular weight is 344 g/mol. The fraction of sp³-hybridized carbons (Fsp3) is 0.474. The molecule has 0 aliphatic carbocycles. The summed E-state index contributed by atoms with van der Waals surface area (Å²) in [7, 11) is 0. The first-order valence-corrected chi connectivity index (χ1v) is 8.51. The highest BCUT2D eigenvalue weighted by Crippen LogP contribution is 2.32. The highest BCUT2D eigenvalue weighted by molar-refractivity contribution is 5.78. The van der Waals surface area contributed by atoms with Gasteiger partial charge in [-0.3, -0.25) is 4.79 Å². The Morgan fingerprint density at radius 2 is 2.12 bits per heavy atom. The number of amides is 1. The normalized spacial score (nSPS) is 17.8. The van der Waals surface area contributed by atoms with Gasteiger partial charge in [0.05, 0.1) is 5.60 Å². The van der Waals surface area contributed by atoms with Gasteiger partial charge in [-0.15, -0.1) is 0 Å². The van der Waals surface area contributed by atoms with E-state index in [4.69, 9.17) is 9.26 Å². The molecule has 1 aromatic carbocycles. The highest BCUT2D eigenvalue weighted by Gasteiger charge is 2.35. The van der Waals surface area contributed by atoms with Crippen molar-refractivity contribution in [2.45, 2.75) is 32.8 Å². The zero-order valence-electron chi connectivity index (χ0n) is 14.9. The zero-order valence-corrected chi connectivity index (χ0v) is 14.9. The van der Waals surface area contributed by atoms with Crippen molar-refractivity contribution in [3.05, 3.63) is 36.1 Å². The van der Waals surface area contributed by atoms with Crippen LogP contribution in [-0.4, -0.2) is 46.4 Å². The van der Waals surface area contributed by atoms with Crippen LogP contribution in [0.15, 0.2) is 34.9 Å². The van der Waals surface area contributed by atoms with Crippen LogP contribution in [0.2, 0.25) is 0 Å². The number of carbonyl (C=O) groups is 1. The molecular weight excluding hydrogens is 320 g/mol. The maximum atomic E-state index is 12.4. The number of hydrogen-bond donors (Lipinski definition) is 1. The summed E-state index contributed by atoms with van der Waals surface area (Å²) in [6, 6.07) is 9.58. The third kappa shape index (κ3) is 3.85. The quantitative estimate of drug-likeness (QED) is 0.902. The first kappa shape index (κ1) is 17.5. The van der Waals surface area contributed by atoms with E-state index in [0.29, 0.717) is 30.3 Å². The van der Waals surface area contributed by atoms with Gasteiger partial charge in [0.15, 0.2) is 23.8 Å². The molecule has 1 amide bonds. The summed E-state index contributed by atoms with van der Waals surface area (Å²) >= 11 is 0. The van der Waals surface area contributed by atoms with Crippen LogP contribution in [-0.2, 0) is 4.79 Å². The third-order valence-corrected chi connectivity index (χ3v) is 4.74. The van der Waals surface area contributed by atoms with Gasteiger partial charge in [0.25, 0.3) is 5.91 Å². The molecule has 3 rings (SSSR count). The summed E-state index contributed by atoms with van der Waals surface area (Å²) < 4.78 is 11.0. The number of benzene rings is 1. The molecule has 1 aliphatic heterocycles. The summed E-state index contributed by atoms with van der Waals surface area (Å²) in [6.07, 6.45) is 0.802. The van der Waals surface area contributed by atoms with Gasteiger partial charge >= 0.3 is 0 Å². The van der Waals surface area contributed by atoms with E-state index in [-0.39, 0.29) is 18.4 Å². The average Bonchev–Trinajstić information content (AvgIpc) is 3.20. The van der Waals surface area contributed by atoms with E-state index in [1.165, 1.54) is 0 Å². The SMILES string of the molecule is Cc1onc(-c2ccccc2)c1OCC(=O)N1CCC(C(C)(C)O)C1. The Hall–Kier alpha value is -2.34. The fourth-order valence-corrected chi connectivity index (χ4v) is 3.10. The van der Waals surface area contributed by atoms with Crippen LogP contribution in [0.3, 0.4) is 0 Å². The second-order valence-corrected chi connectivity index (χ2v) is 7.05. The van der Waals surface area contributed by atoms with E-state index in [9.17, 15) is 9.90 Å². The molecule has 1 atom stereocenters. The number of aromatic nitrogens is 1. The first-order chi connectivity index (χ1) is 11.9. The summed E-state index contributed by atoms with van der Waals surface area (Å²) in [5, 5.41) is 14.2. The van der Waals surface area contributed by atoms with Crippen LogP contribution in [0.25, 0.3) is 11.3 Å². The monoisotopic (exact) mass is 344 g/mol. The molecule has 0 saturated carbocycles. The van der Waals surface area contributed by atoms with Gasteiger partial charge in [0.1, 0.15) is 0 Å². The number of likely N-dealkylation sites (tertiary alicyclic amines) is 1. The Labute approximate surface area is 147 Å². The van der Waals surface area contributed by atoms with Crippen LogP contribution in [0.4, 0.5) is 0 Å². The molecule has 0 spiro atoms. The Kier molecular flexibility index (Phi) is 4.81. The van der Waals surface area contributed by atoms with E-state index in [2.05, 4.69) is 5.16 Å². The van der Waals surface area contributed by atoms with E-state index < -0.39 is 5.60 Å². The summed E-state index contributed by atoms with van der Waals surface area (Å²) in [5.74, 6) is 1.04. The Balaban J connectivity index is 1.65. The minimum absolute atomic E-state index is 0.0690. The van der Waals surface area contributed by atoms with Crippen LogP contribution in [0.1, 0.15) is 26.0 Å². The molecular formula is C19H24N2O4. The van der Waals surface area contributed by atoms with Gasteiger partial charge in [-0.1, -0.05) is 35.5 Å². The molecule has 2 heterocycles. The van der Waals surface area contributed by atoms with Gasteiger partial charge in [-0.2, -0.15) is 0 Å². The molecule has 0 bridgehead atoms. The molecule has 1 aromatic heterocycles. The van der Waals surface area contributed by atoms with Crippen molar-refractivity contribution in [1.82, 2.24) is 10.1 Å². The summed E-state index contributed by atoms with van der Waals surface area (Å²) in [5.41, 5.74) is 0.702. The van der Waals surface area contributed by atoms with Crippen molar-refractivity contribution in [2.75, 3.05) is 19.7 Å². The van der Waals surface area contributed by atoms with E-state index in [1.807, 2.05) is 30.3 Å². The lowest BCUT2D eigenvalue weighted by Gasteiger charge is -2.25. The summed E-state index contributed by atoms with van der Waals surface area (Å²) in [4.78, 5) is 14.2. The highest BCUT2D eigenvalue weighted by atomic mass is 16.5. The number of nitrogens with zero attached hydrogens (tertiary/aromatic N) is 2. The van der Waals surface area contributed by atoms with Gasteiger partial charge in [0.2, 0.25) is 0 Å². The molecule has 1 saturated heterocycles. The number of carbonyl (C=O) groups excluding carboxylic acids is 1.